The molecule has 0 aliphatic carbocycles. The third-order valence-electron chi connectivity index (χ3n) is 5.07. The Kier molecular flexibility index (Phi) is 5.96. The van der Waals surface area contributed by atoms with Gasteiger partial charge < -0.3 is 4.90 Å². The predicted octanol–water partition coefficient (Wildman–Crippen LogP) is 2.16. The number of aromatic amines is 1. The smallest absolute Gasteiger partial charge is 0.222 e. The Morgan fingerprint density at radius 1 is 1.33 bits per heavy atom. The van der Waals surface area contributed by atoms with Crippen LogP contribution in [0.1, 0.15) is 42.9 Å². The first-order chi connectivity index (χ1) is 12.8. The largest absolute Gasteiger partial charge is 0.343 e. The number of hydrogen-bond acceptors (Lipinski definition) is 4. The molecular weight excluding hydrogens is 364 g/mol. The fraction of sp³-hybridized carbons (Fsp3) is 0.474. The Hall–Kier alpha value is -2.19. The van der Waals surface area contributed by atoms with E-state index in [1.807, 2.05) is 17.2 Å². The molecular formula is C19H26N4O3S. The van der Waals surface area contributed by atoms with Gasteiger partial charge in [-0.25, -0.2) is 13.6 Å². The van der Waals surface area contributed by atoms with Crippen molar-refractivity contribution < 1.29 is 13.2 Å². The Morgan fingerprint density at radius 2 is 2.07 bits per heavy atom. The number of piperidine rings is 1. The molecule has 1 fully saturated rings. The van der Waals surface area contributed by atoms with Crippen LogP contribution in [0.4, 0.5) is 0 Å². The molecule has 1 aromatic carbocycles. The van der Waals surface area contributed by atoms with Crippen LogP contribution in [-0.4, -0.2) is 48.3 Å². The summed E-state index contributed by atoms with van der Waals surface area (Å²) in [4.78, 5) is 14.1. The molecule has 2 aromatic rings. The molecule has 8 heteroatoms. The lowest BCUT2D eigenvalue weighted by molar-refractivity contribution is -0.132. The molecule has 7 nitrogen and oxygen atoms in total. The predicted molar refractivity (Wildman–Crippen MR) is 105 cm³/mol. The van der Waals surface area contributed by atoms with Gasteiger partial charge in [-0.3, -0.25) is 9.89 Å². The molecule has 1 aliphatic heterocycles. The van der Waals surface area contributed by atoms with Gasteiger partial charge in [0.1, 0.15) is 0 Å². The number of sulfonamides is 1. The van der Waals surface area contributed by atoms with Crippen LogP contribution in [0.5, 0.6) is 0 Å². The topological polar surface area (TPSA) is 109 Å². The summed E-state index contributed by atoms with van der Waals surface area (Å²) in [5, 5.41) is 12.4. The molecule has 0 radical (unpaired) electrons. The number of nitrogens with two attached hydrogens (primary N) is 1. The normalized spacial score (nSPS) is 15.9. The van der Waals surface area contributed by atoms with Gasteiger partial charge in [-0.05, 0) is 31.7 Å². The summed E-state index contributed by atoms with van der Waals surface area (Å²) in [6.07, 6.45) is 4.09. The number of carbonyl (C=O) groups excluding carboxylic acids is 1. The second-order valence-electron chi connectivity index (χ2n) is 7.19. The monoisotopic (exact) mass is 390 g/mol. The number of aromatic nitrogens is 2. The molecule has 0 atom stereocenters. The zero-order valence-corrected chi connectivity index (χ0v) is 16.3. The van der Waals surface area contributed by atoms with Crippen molar-refractivity contribution in [2.75, 3.05) is 18.8 Å². The van der Waals surface area contributed by atoms with E-state index in [9.17, 15) is 13.2 Å². The van der Waals surface area contributed by atoms with Crippen molar-refractivity contribution in [3.8, 4) is 11.1 Å². The van der Waals surface area contributed by atoms with Crippen molar-refractivity contribution in [2.24, 2.45) is 5.14 Å². The van der Waals surface area contributed by atoms with Crippen molar-refractivity contribution in [1.29, 1.82) is 0 Å². The quantitative estimate of drug-likeness (QED) is 0.787. The van der Waals surface area contributed by atoms with E-state index in [1.165, 1.54) is 5.56 Å². The van der Waals surface area contributed by atoms with Gasteiger partial charge in [-0.15, -0.1) is 0 Å². The Morgan fingerprint density at radius 3 is 2.74 bits per heavy atom. The van der Waals surface area contributed by atoms with Crippen molar-refractivity contribution in [2.45, 2.75) is 38.5 Å². The summed E-state index contributed by atoms with van der Waals surface area (Å²) < 4.78 is 22.0. The van der Waals surface area contributed by atoms with E-state index in [4.69, 9.17) is 5.14 Å². The first kappa shape index (κ1) is 19.6. The number of likely N-dealkylation sites (tertiary alicyclic amines) is 1. The molecule has 3 rings (SSSR count). The highest BCUT2D eigenvalue weighted by Crippen LogP contribution is 2.34. The molecule has 0 spiro atoms. The zero-order chi connectivity index (χ0) is 19.4. The average molecular weight is 391 g/mol. The van der Waals surface area contributed by atoms with Crippen molar-refractivity contribution in [3.05, 3.63) is 41.7 Å². The number of nitrogens with one attached hydrogen (secondary N) is 1. The second-order valence-corrected chi connectivity index (χ2v) is 8.93. The summed E-state index contributed by atoms with van der Waals surface area (Å²) in [5.41, 5.74) is 4.61. The number of carbonyl (C=O) groups is 1. The molecule has 3 N–H and O–H groups in total. The molecule has 1 amide bonds. The first-order valence-corrected chi connectivity index (χ1v) is 10.9. The molecule has 1 saturated heterocycles. The fourth-order valence-corrected chi connectivity index (χ4v) is 4.20. The molecule has 0 saturated carbocycles. The minimum absolute atomic E-state index is 0.000573. The van der Waals surface area contributed by atoms with Gasteiger partial charge in [0.25, 0.3) is 0 Å². The van der Waals surface area contributed by atoms with Crippen LogP contribution < -0.4 is 5.14 Å². The lowest BCUT2D eigenvalue weighted by atomic mass is 9.89. The minimum atomic E-state index is -3.50. The van der Waals surface area contributed by atoms with E-state index < -0.39 is 10.0 Å². The van der Waals surface area contributed by atoms with Gasteiger partial charge in [0.2, 0.25) is 15.9 Å². The van der Waals surface area contributed by atoms with Crippen LogP contribution in [-0.2, 0) is 14.8 Å². The van der Waals surface area contributed by atoms with Crippen LogP contribution in [0.3, 0.4) is 0 Å². The molecule has 1 aromatic heterocycles. The molecule has 146 valence electrons. The number of benzene rings is 1. The highest BCUT2D eigenvalue weighted by atomic mass is 32.2. The zero-order valence-electron chi connectivity index (χ0n) is 15.5. The highest BCUT2D eigenvalue weighted by molar-refractivity contribution is 7.89. The maximum Gasteiger partial charge on any atom is 0.222 e. The molecule has 0 bridgehead atoms. The summed E-state index contributed by atoms with van der Waals surface area (Å²) in [6, 6.07) is 8.36. The maximum atomic E-state index is 12.3. The SMILES string of the molecule is Cc1cccc(-c2cn[nH]c2C2CCN(C(=O)CCCS(N)(=O)=O)CC2)c1. The van der Waals surface area contributed by atoms with Crippen LogP contribution in [0, 0.1) is 6.92 Å². The van der Waals surface area contributed by atoms with E-state index in [-0.39, 0.29) is 24.5 Å². The number of amides is 1. The van der Waals surface area contributed by atoms with Gasteiger partial charge in [0.05, 0.1) is 11.9 Å². The molecule has 2 heterocycles. The lowest BCUT2D eigenvalue weighted by Crippen LogP contribution is -2.38. The number of aryl methyl sites for hydroxylation is 1. The molecule has 1 aliphatic rings. The minimum Gasteiger partial charge on any atom is -0.343 e. The number of rotatable bonds is 6. The van der Waals surface area contributed by atoms with E-state index in [0.29, 0.717) is 19.0 Å². The van der Waals surface area contributed by atoms with Gasteiger partial charge in [-0.2, -0.15) is 5.10 Å². The Labute approximate surface area is 160 Å². The third-order valence-corrected chi connectivity index (χ3v) is 5.93. The summed E-state index contributed by atoms with van der Waals surface area (Å²) >= 11 is 0. The van der Waals surface area contributed by atoms with Crippen LogP contribution in [0.2, 0.25) is 0 Å². The average Bonchev–Trinajstić information content (AvgIpc) is 3.10. The Bertz CT molecular complexity index is 899. The van der Waals surface area contributed by atoms with Crippen LogP contribution >= 0.6 is 0 Å². The van der Waals surface area contributed by atoms with Crippen LogP contribution in [0.25, 0.3) is 11.1 Å². The lowest BCUT2D eigenvalue weighted by Gasteiger charge is -2.32. The summed E-state index contributed by atoms with van der Waals surface area (Å²) in [6.45, 7) is 3.42. The van der Waals surface area contributed by atoms with Crippen molar-refractivity contribution >= 4 is 15.9 Å². The maximum absolute atomic E-state index is 12.3. The van der Waals surface area contributed by atoms with Crippen molar-refractivity contribution in [1.82, 2.24) is 15.1 Å². The van der Waals surface area contributed by atoms with Gasteiger partial charge in [0.15, 0.2) is 0 Å². The van der Waals surface area contributed by atoms with Gasteiger partial charge in [0, 0.05) is 36.7 Å². The van der Waals surface area contributed by atoms with E-state index in [1.54, 1.807) is 0 Å². The molecule has 0 unspecified atom stereocenters. The van der Waals surface area contributed by atoms with Crippen LogP contribution in [0.15, 0.2) is 30.5 Å². The van der Waals surface area contributed by atoms with E-state index in [0.717, 1.165) is 29.7 Å². The number of primary sulfonamides is 1. The number of H-pyrrole nitrogens is 1. The summed E-state index contributed by atoms with van der Waals surface area (Å²) in [7, 11) is -3.50. The van der Waals surface area contributed by atoms with E-state index in [2.05, 4.69) is 35.3 Å². The van der Waals surface area contributed by atoms with Gasteiger partial charge >= 0.3 is 0 Å². The number of hydrogen-bond donors (Lipinski definition) is 2. The third kappa shape index (κ3) is 5.17. The number of nitrogens with zero attached hydrogens (tertiary/aromatic N) is 2. The Balaban J connectivity index is 1.59. The van der Waals surface area contributed by atoms with E-state index >= 15 is 0 Å². The highest BCUT2D eigenvalue weighted by Gasteiger charge is 2.26. The second kappa shape index (κ2) is 8.22. The molecule has 27 heavy (non-hydrogen) atoms. The fourth-order valence-electron chi connectivity index (χ4n) is 3.65. The summed E-state index contributed by atoms with van der Waals surface area (Å²) in [5.74, 6) is 0.181. The van der Waals surface area contributed by atoms with Gasteiger partial charge in [-0.1, -0.05) is 29.8 Å². The van der Waals surface area contributed by atoms with Crippen molar-refractivity contribution in [3.63, 3.8) is 0 Å². The first-order valence-electron chi connectivity index (χ1n) is 9.22. The standard InChI is InChI=1S/C19H26N4O3S/c1-14-4-2-5-16(12-14)17-13-21-22-19(17)15-7-9-23(10-8-15)18(24)6-3-11-27(20,25)26/h2,4-5,12-13,15H,3,6-11H2,1H3,(H,21,22)(H2,20,25,26).